The number of pyridine rings is 1. The van der Waals surface area contributed by atoms with Gasteiger partial charge in [-0.25, -0.2) is 9.37 Å². The maximum absolute atomic E-state index is 13.1. The minimum atomic E-state index is -0.541. The zero-order valence-corrected chi connectivity index (χ0v) is 9.63. The molecule has 1 aromatic heterocycles. The van der Waals surface area contributed by atoms with E-state index in [1.807, 2.05) is 0 Å². The molecule has 2 rings (SSSR count). The van der Waals surface area contributed by atoms with Gasteiger partial charge < -0.3 is 10.1 Å². The second kappa shape index (κ2) is 5.46. The van der Waals surface area contributed by atoms with E-state index >= 15 is 0 Å². The smallest absolute Gasteiger partial charge is 0.164 e. The Morgan fingerprint density at radius 3 is 3.19 bits per heavy atom. The summed E-state index contributed by atoms with van der Waals surface area (Å²) in [7, 11) is 0. The second-order valence-corrected chi connectivity index (χ2v) is 4.33. The number of ether oxygens (including phenoxy) is 1. The zero-order chi connectivity index (χ0) is 11.4. The third-order valence-electron chi connectivity index (χ3n) is 2.66. The molecule has 0 aliphatic carbocycles. The first-order valence-electron chi connectivity index (χ1n) is 5.40. The largest absolute Gasteiger partial charge is 0.492 e. The molecule has 0 spiro atoms. The molecule has 16 heavy (non-hydrogen) atoms. The van der Waals surface area contributed by atoms with E-state index in [1.54, 1.807) is 0 Å². The molecule has 1 aromatic rings. The number of aromatic nitrogens is 1. The van der Waals surface area contributed by atoms with Crippen LogP contribution < -0.4 is 10.1 Å². The number of piperidine rings is 1. The van der Waals surface area contributed by atoms with Crippen molar-refractivity contribution in [2.24, 2.45) is 5.92 Å². The van der Waals surface area contributed by atoms with Crippen LogP contribution in [0, 0.1) is 11.7 Å². The lowest BCUT2D eigenvalue weighted by Gasteiger charge is -2.22. The lowest BCUT2D eigenvalue weighted by Crippen LogP contribution is -2.33. The van der Waals surface area contributed by atoms with Gasteiger partial charge in [0.05, 0.1) is 12.8 Å². The van der Waals surface area contributed by atoms with Crippen molar-refractivity contribution < 1.29 is 9.13 Å². The average Bonchev–Trinajstić information content (AvgIpc) is 2.32. The van der Waals surface area contributed by atoms with E-state index in [2.05, 4.69) is 10.3 Å². The molecular formula is C11H14ClFN2O. The van der Waals surface area contributed by atoms with Gasteiger partial charge in [-0.05, 0) is 19.4 Å². The molecule has 0 unspecified atom stereocenters. The van der Waals surface area contributed by atoms with Crippen LogP contribution in [0.25, 0.3) is 0 Å². The van der Waals surface area contributed by atoms with Gasteiger partial charge in [0.1, 0.15) is 5.75 Å². The van der Waals surface area contributed by atoms with E-state index in [4.69, 9.17) is 16.3 Å². The molecule has 0 bridgehead atoms. The summed E-state index contributed by atoms with van der Waals surface area (Å²) in [5, 5.41) is 3.18. The van der Waals surface area contributed by atoms with Crippen LogP contribution in [0.15, 0.2) is 12.3 Å². The third-order valence-corrected chi connectivity index (χ3v) is 2.93. The Morgan fingerprint density at radius 1 is 1.62 bits per heavy atom. The predicted octanol–water partition coefficient (Wildman–Crippen LogP) is 2.25. The van der Waals surface area contributed by atoms with E-state index in [0.717, 1.165) is 19.5 Å². The quantitative estimate of drug-likeness (QED) is 0.829. The summed E-state index contributed by atoms with van der Waals surface area (Å²) >= 11 is 5.48. The fourth-order valence-corrected chi connectivity index (χ4v) is 1.87. The van der Waals surface area contributed by atoms with Gasteiger partial charge in [-0.2, -0.15) is 0 Å². The van der Waals surface area contributed by atoms with Crippen molar-refractivity contribution in [2.45, 2.75) is 12.8 Å². The van der Waals surface area contributed by atoms with Crippen LogP contribution in [0.1, 0.15) is 12.8 Å². The van der Waals surface area contributed by atoms with Crippen LogP contribution in [0.2, 0.25) is 5.15 Å². The first kappa shape index (κ1) is 11.6. The molecule has 0 amide bonds. The van der Waals surface area contributed by atoms with Gasteiger partial charge in [0, 0.05) is 18.5 Å². The van der Waals surface area contributed by atoms with Gasteiger partial charge in [-0.1, -0.05) is 11.6 Å². The Labute approximate surface area is 99.0 Å². The molecule has 0 aromatic carbocycles. The standard InChI is InChI=1S/C11H14ClFN2O/c12-11-10(13)4-9(6-15-11)16-7-8-2-1-3-14-5-8/h4,6,8,14H,1-3,5,7H2/t8-/m0/s1. The number of nitrogens with zero attached hydrogens (tertiary/aromatic N) is 1. The molecule has 88 valence electrons. The highest BCUT2D eigenvalue weighted by Gasteiger charge is 2.13. The third kappa shape index (κ3) is 3.06. The number of rotatable bonds is 3. The SMILES string of the molecule is Fc1cc(OC[C@H]2CCCNC2)cnc1Cl. The van der Waals surface area contributed by atoms with Gasteiger partial charge in [0.2, 0.25) is 0 Å². The highest BCUT2D eigenvalue weighted by molar-refractivity contribution is 6.29. The fraction of sp³-hybridized carbons (Fsp3) is 0.545. The summed E-state index contributed by atoms with van der Waals surface area (Å²) in [6.07, 6.45) is 3.76. The Kier molecular flexibility index (Phi) is 3.96. The first-order chi connectivity index (χ1) is 7.75. The van der Waals surface area contributed by atoms with Gasteiger partial charge in [-0.3, -0.25) is 0 Å². The molecule has 1 aliphatic rings. The molecule has 1 saturated heterocycles. The van der Waals surface area contributed by atoms with E-state index in [9.17, 15) is 4.39 Å². The van der Waals surface area contributed by atoms with E-state index in [-0.39, 0.29) is 5.15 Å². The van der Waals surface area contributed by atoms with E-state index in [0.29, 0.717) is 18.3 Å². The highest BCUT2D eigenvalue weighted by atomic mass is 35.5. The lowest BCUT2D eigenvalue weighted by atomic mass is 10.0. The Bertz CT molecular complexity index is 356. The molecule has 2 heterocycles. The van der Waals surface area contributed by atoms with Crippen LogP contribution in [-0.2, 0) is 0 Å². The molecule has 1 fully saturated rings. The molecule has 1 N–H and O–H groups in total. The van der Waals surface area contributed by atoms with Crippen molar-refractivity contribution in [3.8, 4) is 5.75 Å². The summed E-state index contributed by atoms with van der Waals surface area (Å²) in [5.74, 6) is 0.390. The summed E-state index contributed by atoms with van der Waals surface area (Å²) in [6, 6.07) is 1.27. The topological polar surface area (TPSA) is 34.1 Å². The molecular weight excluding hydrogens is 231 g/mol. The maximum atomic E-state index is 13.1. The van der Waals surface area contributed by atoms with Gasteiger partial charge in [0.25, 0.3) is 0 Å². The molecule has 1 aliphatic heterocycles. The molecule has 0 radical (unpaired) electrons. The van der Waals surface area contributed by atoms with Gasteiger partial charge in [-0.15, -0.1) is 0 Å². The van der Waals surface area contributed by atoms with Crippen molar-refractivity contribution in [1.29, 1.82) is 0 Å². The minimum Gasteiger partial charge on any atom is -0.492 e. The van der Waals surface area contributed by atoms with E-state index < -0.39 is 5.82 Å². The lowest BCUT2D eigenvalue weighted by molar-refractivity contribution is 0.217. The summed E-state index contributed by atoms with van der Waals surface area (Å²) < 4.78 is 18.5. The monoisotopic (exact) mass is 244 g/mol. The van der Waals surface area contributed by atoms with Crippen LogP contribution in [-0.4, -0.2) is 24.7 Å². The second-order valence-electron chi connectivity index (χ2n) is 3.97. The van der Waals surface area contributed by atoms with Crippen LogP contribution in [0.4, 0.5) is 4.39 Å². The van der Waals surface area contributed by atoms with E-state index in [1.165, 1.54) is 18.7 Å². The number of hydrogen-bond acceptors (Lipinski definition) is 3. The average molecular weight is 245 g/mol. The number of halogens is 2. The van der Waals surface area contributed by atoms with Gasteiger partial charge in [0.15, 0.2) is 11.0 Å². The van der Waals surface area contributed by atoms with Crippen LogP contribution in [0.5, 0.6) is 5.75 Å². The van der Waals surface area contributed by atoms with Crippen molar-refractivity contribution in [3.05, 3.63) is 23.2 Å². The predicted molar refractivity (Wildman–Crippen MR) is 60.3 cm³/mol. The molecule has 3 nitrogen and oxygen atoms in total. The Morgan fingerprint density at radius 2 is 2.50 bits per heavy atom. The summed E-state index contributed by atoms with van der Waals surface area (Å²) in [6.45, 7) is 2.63. The molecule has 5 heteroatoms. The Balaban J connectivity index is 1.86. The normalized spacial score (nSPS) is 20.8. The van der Waals surface area contributed by atoms with Crippen LogP contribution in [0.3, 0.4) is 0 Å². The molecule has 1 atom stereocenters. The zero-order valence-electron chi connectivity index (χ0n) is 8.88. The Hall–Kier alpha value is -0.870. The fourth-order valence-electron chi connectivity index (χ4n) is 1.76. The number of hydrogen-bond donors (Lipinski definition) is 1. The van der Waals surface area contributed by atoms with Crippen molar-refractivity contribution in [2.75, 3.05) is 19.7 Å². The maximum Gasteiger partial charge on any atom is 0.164 e. The highest BCUT2D eigenvalue weighted by Crippen LogP contribution is 2.19. The van der Waals surface area contributed by atoms with Gasteiger partial charge >= 0.3 is 0 Å². The first-order valence-corrected chi connectivity index (χ1v) is 5.78. The molecule has 0 saturated carbocycles. The minimum absolute atomic E-state index is 0.119. The number of nitrogens with one attached hydrogen (secondary N) is 1. The van der Waals surface area contributed by atoms with Crippen molar-refractivity contribution in [1.82, 2.24) is 10.3 Å². The van der Waals surface area contributed by atoms with Crippen LogP contribution >= 0.6 is 11.6 Å². The summed E-state index contributed by atoms with van der Waals surface area (Å²) in [4.78, 5) is 3.69. The summed E-state index contributed by atoms with van der Waals surface area (Å²) in [5.41, 5.74) is 0. The van der Waals surface area contributed by atoms with Crippen molar-refractivity contribution >= 4 is 11.6 Å². The van der Waals surface area contributed by atoms with Crippen molar-refractivity contribution in [3.63, 3.8) is 0 Å².